The molecule has 1 aromatic carbocycles. The molecule has 0 unspecified atom stereocenters. The van der Waals surface area contributed by atoms with Gasteiger partial charge in [-0.15, -0.1) is 0 Å². The molecule has 0 saturated heterocycles. The number of rotatable bonds is 3. The molecule has 0 saturated carbocycles. The number of ether oxygens (including phenoxy) is 1. The van der Waals surface area contributed by atoms with Gasteiger partial charge in [0.2, 0.25) is 0 Å². The standard InChI is InChI=1S/C9H12ClNO2/c1-13-9-6(4-5-11)2-3-7(10)8(9)12/h2-3,12H,4-5,11H2,1H3. The highest BCUT2D eigenvalue weighted by molar-refractivity contribution is 6.32. The van der Waals surface area contributed by atoms with Crippen molar-refractivity contribution in [2.75, 3.05) is 13.7 Å². The lowest BCUT2D eigenvalue weighted by Gasteiger charge is -2.10. The first-order valence-electron chi connectivity index (χ1n) is 3.95. The monoisotopic (exact) mass is 201 g/mol. The van der Waals surface area contributed by atoms with Crippen LogP contribution < -0.4 is 10.5 Å². The molecule has 0 fully saturated rings. The van der Waals surface area contributed by atoms with Gasteiger partial charge in [0, 0.05) is 0 Å². The molecule has 0 bridgehead atoms. The Morgan fingerprint density at radius 2 is 2.23 bits per heavy atom. The highest BCUT2D eigenvalue weighted by Crippen LogP contribution is 2.36. The van der Waals surface area contributed by atoms with Crippen molar-refractivity contribution in [2.45, 2.75) is 6.42 Å². The summed E-state index contributed by atoms with van der Waals surface area (Å²) in [6, 6.07) is 3.43. The Kier molecular flexibility index (Phi) is 3.39. The van der Waals surface area contributed by atoms with E-state index in [2.05, 4.69) is 0 Å². The highest BCUT2D eigenvalue weighted by atomic mass is 35.5. The van der Waals surface area contributed by atoms with Crippen LogP contribution in [-0.4, -0.2) is 18.8 Å². The third kappa shape index (κ3) is 2.05. The van der Waals surface area contributed by atoms with Crippen molar-refractivity contribution in [2.24, 2.45) is 5.73 Å². The van der Waals surface area contributed by atoms with Gasteiger partial charge in [-0.05, 0) is 24.6 Å². The van der Waals surface area contributed by atoms with E-state index in [0.717, 1.165) is 5.56 Å². The largest absolute Gasteiger partial charge is 0.503 e. The summed E-state index contributed by atoms with van der Waals surface area (Å²) < 4.78 is 5.02. The van der Waals surface area contributed by atoms with Gasteiger partial charge in [-0.1, -0.05) is 17.7 Å². The van der Waals surface area contributed by atoms with E-state index in [-0.39, 0.29) is 10.8 Å². The minimum Gasteiger partial charge on any atom is -0.503 e. The van der Waals surface area contributed by atoms with Crippen LogP contribution >= 0.6 is 11.6 Å². The molecule has 0 heterocycles. The molecule has 1 rings (SSSR count). The Morgan fingerprint density at radius 1 is 1.54 bits per heavy atom. The van der Waals surface area contributed by atoms with Gasteiger partial charge >= 0.3 is 0 Å². The first kappa shape index (κ1) is 10.2. The number of hydrogen-bond acceptors (Lipinski definition) is 3. The lowest BCUT2D eigenvalue weighted by Crippen LogP contribution is -2.04. The van der Waals surface area contributed by atoms with Gasteiger partial charge in [-0.25, -0.2) is 0 Å². The van der Waals surface area contributed by atoms with Crippen molar-refractivity contribution in [3.05, 3.63) is 22.7 Å². The molecule has 3 N–H and O–H groups in total. The maximum atomic E-state index is 9.51. The van der Waals surface area contributed by atoms with Gasteiger partial charge in [0.25, 0.3) is 0 Å². The molecule has 0 atom stereocenters. The van der Waals surface area contributed by atoms with Crippen LogP contribution in [0.3, 0.4) is 0 Å². The molecule has 0 aliphatic rings. The van der Waals surface area contributed by atoms with Crippen LogP contribution in [0, 0.1) is 0 Å². The van der Waals surface area contributed by atoms with Gasteiger partial charge in [0.05, 0.1) is 12.1 Å². The number of halogens is 1. The summed E-state index contributed by atoms with van der Waals surface area (Å²) in [5.74, 6) is 0.396. The highest BCUT2D eigenvalue weighted by Gasteiger charge is 2.10. The Bertz CT molecular complexity index is 302. The number of hydrogen-bond donors (Lipinski definition) is 2. The van der Waals surface area contributed by atoms with Gasteiger partial charge < -0.3 is 15.6 Å². The minimum absolute atomic E-state index is 0.0184. The first-order chi connectivity index (χ1) is 6.20. The second-order valence-corrected chi connectivity index (χ2v) is 3.03. The molecular formula is C9H12ClNO2. The van der Waals surface area contributed by atoms with Crippen LogP contribution in [0.15, 0.2) is 12.1 Å². The smallest absolute Gasteiger partial charge is 0.177 e. The second-order valence-electron chi connectivity index (χ2n) is 2.63. The van der Waals surface area contributed by atoms with Gasteiger partial charge in [0.1, 0.15) is 0 Å². The van der Waals surface area contributed by atoms with E-state index in [9.17, 15) is 5.11 Å². The van der Waals surface area contributed by atoms with Crippen LogP contribution in [0.4, 0.5) is 0 Å². The number of phenols is 1. The van der Waals surface area contributed by atoms with Gasteiger partial charge in [-0.2, -0.15) is 0 Å². The van der Waals surface area contributed by atoms with Crippen LogP contribution in [0.25, 0.3) is 0 Å². The summed E-state index contributed by atoms with van der Waals surface area (Å²) >= 11 is 5.70. The number of aromatic hydroxyl groups is 1. The maximum absolute atomic E-state index is 9.51. The first-order valence-corrected chi connectivity index (χ1v) is 4.33. The molecule has 72 valence electrons. The molecule has 0 aromatic heterocycles. The molecule has 0 spiro atoms. The lowest BCUT2D eigenvalue weighted by atomic mass is 10.1. The van der Waals surface area contributed by atoms with Crippen molar-refractivity contribution in [3.8, 4) is 11.5 Å². The minimum atomic E-state index is -0.0184. The predicted molar refractivity (Wildman–Crippen MR) is 52.4 cm³/mol. The molecule has 0 aliphatic carbocycles. The molecule has 13 heavy (non-hydrogen) atoms. The Hall–Kier alpha value is -0.930. The summed E-state index contributed by atoms with van der Waals surface area (Å²) in [6.45, 7) is 0.511. The summed E-state index contributed by atoms with van der Waals surface area (Å²) in [7, 11) is 1.49. The fraction of sp³-hybridized carbons (Fsp3) is 0.333. The van der Waals surface area contributed by atoms with E-state index in [0.29, 0.717) is 18.7 Å². The van der Waals surface area contributed by atoms with E-state index in [1.807, 2.05) is 0 Å². The van der Waals surface area contributed by atoms with Crippen LogP contribution in [-0.2, 0) is 6.42 Å². The zero-order valence-corrected chi connectivity index (χ0v) is 8.14. The number of nitrogens with two attached hydrogens (primary N) is 1. The van der Waals surface area contributed by atoms with Crippen LogP contribution in [0.1, 0.15) is 5.56 Å². The van der Waals surface area contributed by atoms with Crippen LogP contribution in [0.5, 0.6) is 11.5 Å². The molecule has 3 nitrogen and oxygen atoms in total. The number of phenolic OH excluding ortho intramolecular Hbond substituents is 1. The Labute approximate surface area is 82.1 Å². The zero-order chi connectivity index (χ0) is 9.84. The van der Waals surface area contributed by atoms with E-state index in [1.54, 1.807) is 12.1 Å². The molecule has 4 heteroatoms. The van der Waals surface area contributed by atoms with Crippen molar-refractivity contribution in [3.63, 3.8) is 0 Å². The zero-order valence-electron chi connectivity index (χ0n) is 7.38. The lowest BCUT2D eigenvalue weighted by molar-refractivity contribution is 0.369. The van der Waals surface area contributed by atoms with E-state index < -0.39 is 0 Å². The molecule has 0 radical (unpaired) electrons. The van der Waals surface area contributed by atoms with E-state index >= 15 is 0 Å². The number of methoxy groups -OCH3 is 1. The maximum Gasteiger partial charge on any atom is 0.177 e. The Morgan fingerprint density at radius 3 is 2.77 bits per heavy atom. The summed E-state index contributed by atoms with van der Waals surface area (Å²) in [4.78, 5) is 0. The molecular weight excluding hydrogens is 190 g/mol. The van der Waals surface area contributed by atoms with Gasteiger partial charge in [0.15, 0.2) is 11.5 Å². The van der Waals surface area contributed by atoms with Crippen molar-refractivity contribution >= 4 is 11.6 Å². The second kappa shape index (κ2) is 4.35. The van der Waals surface area contributed by atoms with E-state index in [4.69, 9.17) is 22.1 Å². The number of benzene rings is 1. The summed E-state index contributed by atoms with van der Waals surface area (Å²) in [6.07, 6.45) is 0.661. The topological polar surface area (TPSA) is 55.5 Å². The fourth-order valence-corrected chi connectivity index (χ4v) is 1.32. The van der Waals surface area contributed by atoms with E-state index in [1.165, 1.54) is 7.11 Å². The van der Waals surface area contributed by atoms with Crippen LogP contribution in [0.2, 0.25) is 5.02 Å². The quantitative estimate of drug-likeness (QED) is 0.781. The Balaban J connectivity index is 3.13. The third-order valence-electron chi connectivity index (χ3n) is 1.78. The predicted octanol–water partition coefficient (Wildman–Crippen LogP) is 1.56. The average Bonchev–Trinajstić information content (AvgIpc) is 2.12. The summed E-state index contributed by atoms with van der Waals surface area (Å²) in [5, 5.41) is 9.80. The molecule has 0 aliphatic heterocycles. The van der Waals surface area contributed by atoms with Gasteiger partial charge in [-0.3, -0.25) is 0 Å². The van der Waals surface area contributed by atoms with Crippen molar-refractivity contribution < 1.29 is 9.84 Å². The average molecular weight is 202 g/mol. The normalized spacial score (nSPS) is 10.1. The molecule has 0 amide bonds. The van der Waals surface area contributed by atoms with Crippen molar-refractivity contribution in [1.82, 2.24) is 0 Å². The van der Waals surface area contributed by atoms with Crippen molar-refractivity contribution in [1.29, 1.82) is 0 Å². The fourth-order valence-electron chi connectivity index (χ4n) is 1.17. The molecule has 1 aromatic rings. The summed E-state index contributed by atoms with van der Waals surface area (Å²) in [5.41, 5.74) is 6.27. The SMILES string of the molecule is COc1c(CCN)ccc(Cl)c1O. The third-order valence-corrected chi connectivity index (χ3v) is 2.09.